The highest BCUT2D eigenvalue weighted by Gasteiger charge is 1.99. The summed E-state index contributed by atoms with van der Waals surface area (Å²) in [5, 5.41) is 2.67. The van der Waals surface area contributed by atoms with Crippen molar-refractivity contribution in [3.8, 4) is 5.75 Å². The molecule has 1 rings (SSSR count). The lowest BCUT2D eigenvalue weighted by molar-refractivity contribution is -0.121. The van der Waals surface area contributed by atoms with Gasteiger partial charge in [-0.15, -0.1) is 12.4 Å². The van der Waals surface area contributed by atoms with Crippen molar-refractivity contribution < 1.29 is 9.53 Å². The molecular formula is C11H17ClN2O2. The number of hydrogen-bond donors (Lipinski definition) is 2. The monoisotopic (exact) mass is 244 g/mol. The highest BCUT2D eigenvalue weighted by atomic mass is 35.5. The molecule has 4 nitrogen and oxygen atoms in total. The summed E-state index contributed by atoms with van der Waals surface area (Å²) in [5.41, 5.74) is 5.25. The zero-order valence-corrected chi connectivity index (χ0v) is 9.83. The van der Waals surface area contributed by atoms with Crippen molar-refractivity contribution in [3.63, 3.8) is 0 Å². The molecule has 0 aliphatic rings. The number of nitrogens with two attached hydrogens (primary N) is 1. The van der Waals surface area contributed by atoms with Crippen LogP contribution in [-0.4, -0.2) is 25.6 Å². The van der Waals surface area contributed by atoms with Crippen molar-refractivity contribution in [2.45, 2.75) is 6.42 Å². The lowest BCUT2D eigenvalue weighted by Gasteiger charge is -2.06. The molecule has 1 aromatic rings. The van der Waals surface area contributed by atoms with Gasteiger partial charge >= 0.3 is 0 Å². The Kier molecular flexibility index (Phi) is 8.29. The van der Waals surface area contributed by atoms with Gasteiger partial charge in [0.05, 0.1) is 13.0 Å². The summed E-state index contributed by atoms with van der Waals surface area (Å²) in [6.07, 6.45) is 0.356. The molecule has 90 valence electrons. The fourth-order valence-corrected chi connectivity index (χ4v) is 1.08. The minimum atomic E-state index is -0.0311. The van der Waals surface area contributed by atoms with Gasteiger partial charge < -0.3 is 15.8 Å². The minimum Gasteiger partial charge on any atom is -0.493 e. The Morgan fingerprint density at radius 1 is 1.31 bits per heavy atom. The van der Waals surface area contributed by atoms with E-state index in [4.69, 9.17) is 10.5 Å². The summed E-state index contributed by atoms with van der Waals surface area (Å²) in [5.74, 6) is 0.750. The fourth-order valence-electron chi connectivity index (χ4n) is 1.08. The quantitative estimate of drug-likeness (QED) is 0.783. The van der Waals surface area contributed by atoms with Crippen LogP contribution in [0.15, 0.2) is 30.3 Å². The maximum Gasteiger partial charge on any atom is 0.223 e. The zero-order valence-electron chi connectivity index (χ0n) is 9.02. The number of carbonyl (C=O) groups excluding carboxylic acids is 1. The fraction of sp³-hybridized carbons (Fsp3) is 0.364. The highest BCUT2D eigenvalue weighted by Crippen LogP contribution is 2.08. The maximum atomic E-state index is 11.1. The molecule has 0 aromatic heterocycles. The van der Waals surface area contributed by atoms with Crippen LogP contribution in [0.3, 0.4) is 0 Å². The molecule has 0 saturated heterocycles. The molecule has 0 unspecified atom stereocenters. The third kappa shape index (κ3) is 6.27. The Morgan fingerprint density at radius 2 is 2.00 bits per heavy atom. The van der Waals surface area contributed by atoms with Crippen LogP contribution in [0.1, 0.15) is 6.42 Å². The van der Waals surface area contributed by atoms with E-state index in [0.717, 1.165) is 5.75 Å². The predicted octanol–water partition coefficient (Wildman–Crippen LogP) is 0.952. The van der Waals surface area contributed by atoms with E-state index in [1.54, 1.807) is 0 Å². The van der Waals surface area contributed by atoms with E-state index in [1.165, 1.54) is 0 Å². The van der Waals surface area contributed by atoms with Gasteiger partial charge in [0.15, 0.2) is 0 Å². The van der Waals surface area contributed by atoms with E-state index in [1.807, 2.05) is 30.3 Å². The molecule has 0 bridgehead atoms. The Morgan fingerprint density at radius 3 is 2.62 bits per heavy atom. The molecule has 0 atom stereocenters. The Balaban J connectivity index is 0.00000225. The van der Waals surface area contributed by atoms with Gasteiger partial charge in [0, 0.05) is 13.1 Å². The number of ether oxygens (including phenoxy) is 1. The molecule has 16 heavy (non-hydrogen) atoms. The zero-order chi connectivity index (χ0) is 10.9. The Hall–Kier alpha value is -1.26. The van der Waals surface area contributed by atoms with Gasteiger partial charge in [0.25, 0.3) is 0 Å². The largest absolute Gasteiger partial charge is 0.493 e. The maximum absolute atomic E-state index is 11.1. The minimum absolute atomic E-state index is 0. The van der Waals surface area contributed by atoms with Crippen molar-refractivity contribution in [2.24, 2.45) is 5.73 Å². The smallest absolute Gasteiger partial charge is 0.223 e. The average Bonchev–Trinajstić information content (AvgIpc) is 2.28. The molecule has 0 radical (unpaired) electrons. The van der Waals surface area contributed by atoms with E-state index >= 15 is 0 Å². The van der Waals surface area contributed by atoms with Crippen molar-refractivity contribution >= 4 is 18.3 Å². The third-order valence-corrected chi connectivity index (χ3v) is 1.81. The van der Waals surface area contributed by atoms with E-state index in [-0.39, 0.29) is 18.3 Å². The van der Waals surface area contributed by atoms with Crippen LogP contribution in [0.25, 0.3) is 0 Å². The summed E-state index contributed by atoms with van der Waals surface area (Å²) in [7, 11) is 0. The summed E-state index contributed by atoms with van der Waals surface area (Å²) in [6.45, 7) is 1.37. The molecule has 1 amide bonds. The standard InChI is InChI=1S/C11H16N2O2.ClH/c12-7-8-13-11(14)6-9-15-10-4-2-1-3-5-10;/h1-5H,6-9,12H2,(H,13,14);1H. The first kappa shape index (κ1) is 14.7. The van der Waals surface area contributed by atoms with Gasteiger partial charge in [-0.05, 0) is 12.1 Å². The summed E-state index contributed by atoms with van der Waals surface area (Å²) in [6, 6.07) is 9.42. The first-order chi connectivity index (χ1) is 7.33. The summed E-state index contributed by atoms with van der Waals surface area (Å²) >= 11 is 0. The lowest BCUT2D eigenvalue weighted by Crippen LogP contribution is -2.29. The van der Waals surface area contributed by atoms with Gasteiger partial charge in [-0.1, -0.05) is 18.2 Å². The van der Waals surface area contributed by atoms with Crippen LogP contribution in [-0.2, 0) is 4.79 Å². The molecule has 1 aromatic carbocycles. The Labute approximate surface area is 102 Å². The molecule has 0 heterocycles. The number of hydrogen-bond acceptors (Lipinski definition) is 3. The van der Waals surface area contributed by atoms with Crippen molar-refractivity contribution in [2.75, 3.05) is 19.7 Å². The number of carbonyl (C=O) groups is 1. The first-order valence-electron chi connectivity index (χ1n) is 4.97. The molecule has 3 N–H and O–H groups in total. The summed E-state index contributed by atoms with van der Waals surface area (Å²) < 4.78 is 5.36. The van der Waals surface area contributed by atoms with Crippen LogP contribution < -0.4 is 15.8 Å². The molecular weight excluding hydrogens is 228 g/mol. The number of halogens is 1. The number of amides is 1. The molecule has 5 heteroatoms. The third-order valence-electron chi connectivity index (χ3n) is 1.81. The number of rotatable bonds is 6. The molecule has 0 spiro atoms. The number of benzene rings is 1. The second-order valence-corrected chi connectivity index (χ2v) is 3.05. The molecule has 0 fully saturated rings. The highest BCUT2D eigenvalue weighted by molar-refractivity contribution is 5.85. The number of para-hydroxylation sites is 1. The SMILES string of the molecule is Cl.NCCNC(=O)CCOc1ccccc1. The second-order valence-electron chi connectivity index (χ2n) is 3.05. The van der Waals surface area contributed by atoms with E-state index in [9.17, 15) is 4.79 Å². The molecule has 0 aliphatic heterocycles. The average molecular weight is 245 g/mol. The van der Waals surface area contributed by atoms with Crippen molar-refractivity contribution in [3.05, 3.63) is 30.3 Å². The van der Waals surface area contributed by atoms with Gasteiger partial charge in [-0.3, -0.25) is 4.79 Å². The Bertz CT molecular complexity index is 293. The van der Waals surface area contributed by atoms with E-state index < -0.39 is 0 Å². The second kappa shape index (κ2) is 9.00. The normalized spacial score (nSPS) is 9.06. The van der Waals surface area contributed by atoms with E-state index in [2.05, 4.69) is 5.32 Å². The van der Waals surface area contributed by atoms with Gasteiger partial charge in [0.2, 0.25) is 5.91 Å². The van der Waals surface area contributed by atoms with E-state index in [0.29, 0.717) is 26.1 Å². The van der Waals surface area contributed by atoms with Crippen LogP contribution >= 0.6 is 12.4 Å². The van der Waals surface area contributed by atoms with Crippen LogP contribution in [0.2, 0.25) is 0 Å². The lowest BCUT2D eigenvalue weighted by atomic mass is 10.3. The first-order valence-corrected chi connectivity index (χ1v) is 4.97. The molecule has 0 aliphatic carbocycles. The van der Waals surface area contributed by atoms with Gasteiger partial charge in [-0.2, -0.15) is 0 Å². The van der Waals surface area contributed by atoms with Gasteiger partial charge in [0.1, 0.15) is 5.75 Å². The van der Waals surface area contributed by atoms with Crippen LogP contribution in [0.4, 0.5) is 0 Å². The predicted molar refractivity (Wildman–Crippen MR) is 65.9 cm³/mol. The summed E-state index contributed by atoms with van der Waals surface area (Å²) in [4.78, 5) is 11.1. The van der Waals surface area contributed by atoms with Crippen LogP contribution in [0.5, 0.6) is 5.75 Å². The van der Waals surface area contributed by atoms with Crippen molar-refractivity contribution in [1.29, 1.82) is 0 Å². The molecule has 0 saturated carbocycles. The van der Waals surface area contributed by atoms with Crippen molar-refractivity contribution in [1.82, 2.24) is 5.32 Å². The van der Waals surface area contributed by atoms with Gasteiger partial charge in [-0.25, -0.2) is 0 Å². The van der Waals surface area contributed by atoms with Crippen LogP contribution in [0, 0.1) is 0 Å². The topological polar surface area (TPSA) is 64.3 Å². The number of nitrogens with one attached hydrogen (secondary N) is 1.